The van der Waals surface area contributed by atoms with Gasteiger partial charge in [0.2, 0.25) is 0 Å². The summed E-state index contributed by atoms with van der Waals surface area (Å²) in [6.07, 6.45) is 6.36. The van der Waals surface area contributed by atoms with E-state index in [2.05, 4.69) is 25.5 Å². The lowest BCUT2D eigenvalue weighted by Gasteiger charge is -2.06. The number of amides is 1. The molecule has 0 spiro atoms. The summed E-state index contributed by atoms with van der Waals surface area (Å²) in [4.78, 5) is 23.7. The van der Waals surface area contributed by atoms with Crippen molar-refractivity contribution in [3.8, 4) is 16.3 Å². The molecule has 1 aromatic carbocycles. The zero-order valence-corrected chi connectivity index (χ0v) is 16.9. The van der Waals surface area contributed by atoms with Crippen molar-refractivity contribution in [2.75, 3.05) is 5.32 Å². The Kier molecular flexibility index (Phi) is 4.70. The molecule has 5 rings (SSSR count). The average molecular weight is 433 g/mol. The molecule has 5 aromatic rings. The normalized spacial score (nSPS) is 11.0. The molecule has 0 bridgehead atoms. The molecule has 0 saturated carbocycles. The highest BCUT2D eigenvalue weighted by Gasteiger charge is 2.14. The summed E-state index contributed by atoms with van der Waals surface area (Å²) < 4.78 is 0. The number of pyridine rings is 2. The zero-order valence-electron chi connectivity index (χ0n) is 15.4. The highest BCUT2D eigenvalue weighted by atomic mass is 35.5. The van der Waals surface area contributed by atoms with Gasteiger partial charge in [0.25, 0.3) is 5.91 Å². The number of thiophene rings is 1. The number of nitrogens with zero attached hydrogens (tertiary/aromatic N) is 5. The highest BCUT2D eigenvalue weighted by Crippen LogP contribution is 2.33. The molecule has 0 aliphatic carbocycles. The van der Waals surface area contributed by atoms with E-state index >= 15 is 0 Å². The maximum absolute atomic E-state index is 12.7. The molecule has 4 heterocycles. The number of halogens is 1. The van der Waals surface area contributed by atoms with Crippen LogP contribution in [0, 0.1) is 0 Å². The first-order valence-corrected chi connectivity index (χ1v) is 10.2. The van der Waals surface area contributed by atoms with Gasteiger partial charge in [0.1, 0.15) is 0 Å². The lowest BCUT2D eigenvalue weighted by Crippen LogP contribution is -2.12. The van der Waals surface area contributed by atoms with E-state index in [1.807, 2.05) is 41.8 Å². The summed E-state index contributed by atoms with van der Waals surface area (Å²) in [6.45, 7) is 0. The van der Waals surface area contributed by atoms with Crippen LogP contribution in [-0.2, 0) is 0 Å². The van der Waals surface area contributed by atoms with Crippen molar-refractivity contribution in [2.24, 2.45) is 0 Å². The molecule has 9 heteroatoms. The summed E-state index contributed by atoms with van der Waals surface area (Å²) in [5, 5.41) is 14.1. The molecule has 0 atom stereocenters. The van der Waals surface area contributed by atoms with Crippen LogP contribution in [0.3, 0.4) is 0 Å². The Labute approximate surface area is 180 Å². The number of nitrogens with one attached hydrogen (secondary N) is 1. The second kappa shape index (κ2) is 7.66. The SMILES string of the molecule is O=C(Nc1cnc(-n2nccn2)c(Cl)c1)c1csc(-c2cccc3ncccc23)c1. The van der Waals surface area contributed by atoms with Crippen LogP contribution in [0.1, 0.15) is 10.4 Å². The molecule has 0 aliphatic heterocycles. The Morgan fingerprint density at radius 2 is 1.90 bits per heavy atom. The molecular weight excluding hydrogens is 420 g/mol. The van der Waals surface area contributed by atoms with Crippen molar-refractivity contribution >= 4 is 45.4 Å². The standard InChI is InChI=1S/C21H13ClN6OS/c22-17-10-14(11-24-20(17)28-25-7-8-26-28)27-21(29)13-9-19(30-12-13)16-3-1-5-18-15(16)4-2-6-23-18/h1-12H,(H,27,29). The van der Waals surface area contributed by atoms with Crippen LogP contribution in [0.2, 0.25) is 5.02 Å². The monoisotopic (exact) mass is 432 g/mol. The minimum Gasteiger partial charge on any atom is -0.321 e. The molecule has 0 saturated heterocycles. The molecule has 0 aliphatic rings. The number of hydrogen-bond donors (Lipinski definition) is 1. The number of aromatic nitrogens is 5. The van der Waals surface area contributed by atoms with Gasteiger partial charge in [-0.1, -0.05) is 29.8 Å². The molecule has 0 unspecified atom stereocenters. The molecule has 0 fully saturated rings. The van der Waals surface area contributed by atoms with E-state index in [1.54, 1.807) is 12.3 Å². The highest BCUT2D eigenvalue weighted by molar-refractivity contribution is 7.14. The molecule has 0 radical (unpaired) electrons. The maximum atomic E-state index is 12.7. The molecule has 1 amide bonds. The van der Waals surface area contributed by atoms with E-state index in [0.29, 0.717) is 22.1 Å². The van der Waals surface area contributed by atoms with Crippen molar-refractivity contribution in [3.05, 3.63) is 83.2 Å². The van der Waals surface area contributed by atoms with Gasteiger partial charge in [-0.05, 0) is 24.3 Å². The van der Waals surface area contributed by atoms with Crippen LogP contribution in [0.15, 0.2) is 72.6 Å². The third-order valence-electron chi connectivity index (χ3n) is 4.46. The quantitative estimate of drug-likeness (QED) is 0.439. The first kappa shape index (κ1) is 18.4. The fourth-order valence-electron chi connectivity index (χ4n) is 3.09. The third kappa shape index (κ3) is 3.42. The van der Waals surface area contributed by atoms with Gasteiger partial charge < -0.3 is 5.32 Å². The maximum Gasteiger partial charge on any atom is 0.256 e. The van der Waals surface area contributed by atoms with Crippen LogP contribution in [0.4, 0.5) is 5.69 Å². The Bertz CT molecular complexity index is 1360. The van der Waals surface area contributed by atoms with Crippen LogP contribution in [0.5, 0.6) is 0 Å². The van der Waals surface area contributed by atoms with Crippen LogP contribution >= 0.6 is 22.9 Å². The van der Waals surface area contributed by atoms with Gasteiger partial charge in [-0.15, -0.1) is 16.1 Å². The molecule has 146 valence electrons. The van der Waals surface area contributed by atoms with Gasteiger partial charge in [-0.3, -0.25) is 9.78 Å². The third-order valence-corrected chi connectivity index (χ3v) is 5.70. The fraction of sp³-hybridized carbons (Fsp3) is 0. The average Bonchev–Trinajstić information content (AvgIpc) is 3.46. The van der Waals surface area contributed by atoms with Gasteiger partial charge in [0.05, 0.1) is 40.4 Å². The number of hydrogen-bond acceptors (Lipinski definition) is 6. The summed E-state index contributed by atoms with van der Waals surface area (Å²) in [5.74, 6) is 0.153. The van der Waals surface area contributed by atoms with Crippen molar-refractivity contribution < 1.29 is 4.79 Å². The van der Waals surface area contributed by atoms with Gasteiger partial charge in [-0.2, -0.15) is 10.2 Å². The largest absolute Gasteiger partial charge is 0.321 e. The van der Waals surface area contributed by atoms with Gasteiger partial charge >= 0.3 is 0 Å². The van der Waals surface area contributed by atoms with Crippen molar-refractivity contribution in [3.63, 3.8) is 0 Å². The van der Waals surface area contributed by atoms with Crippen molar-refractivity contribution in [2.45, 2.75) is 0 Å². The number of benzene rings is 1. The van der Waals surface area contributed by atoms with E-state index in [1.165, 1.54) is 34.7 Å². The van der Waals surface area contributed by atoms with E-state index in [-0.39, 0.29) is 5.91 Å². The van der Waals surface area contributed by atoms with Crippen molar-refractivity contribution in [1.82, 2.24) is 25.0 Å². The zero-order chi connectivity index (χ0) is 20.5. The predicted octanol–water partition coefficient (Wildman–Crippen LogP) is 4.84. The number of carbonyl (C=O) groups excluding carboxylic acids is 1. The minimum absolute atomic E-state index is 0.237. The number of anilines is 1. The predicted molar refractivity (Wildman–Crippen MR) is 117 cm³/mol. The lowest BCUT2D eigenvalue weighted by atomic mass is 10.1. The summed E-state index contributed by atoms with van der Waals surface area (Å²) in [7, 11) is 0. The lowest BCUT2D eigenvalue weighted by molar-refractivity contribution is 0.102. The van der Waals surface area contributed by atoms with E-state index in [4.69, 9.17) is 11.6 Å². The first-order valence-electron chi connectivity index (χ1n) is 8.95. The first-order chi connectivity index (χ1) is 14.7. The molecule has 30 heavy (non-hydrogen) atoms. The number of fused-ring (bicyclic) bond motifs is 1. The minimum atomic E-state index is -0.237. The van der Waals surface area contributed by atoms with Gasteiger partial charge in [0, 0.05) is 27.4 Å². The summed E-state index contributed by atoms with van der Waals surface area (Å²) in [5.41, 5.74) is 3.01. The fourth-order valence-corrected chi connectivity index (χ4v) is 4.26. The Balaban J connectivity index is 1.39. The topological polar surface area (TPSA) is 85.6 Å². The smallest absolute Gasteiger partial charge is 0.256 e. The summed E-state index contributed by atoms with van der Waals surface area (Å²) in [6, 6.07) is 13.4. The Hall–Kier alpha value is -3.62. The molecule has 4 aromatic heterocycles. The van der Waals surface area contributed by atoms with Gasteiger partial charge in [-0.25, -0.2) is 4.98 Å². The molecular formula is C21H13ClN6OS. The Morgan fingerprint density at radius 1 is 1.03 bits per heavy atom. The van der Waals surface area contributed by atoms with E-state index in [0.717, 1.165) is 21.3 Å². The Morgan fingerprint density at radius 3 is 2.73 bits per heavy atom. The summed E-state index contributed by atoms with van der Waals surface area (Å²) >= 11 is 7.78. The van der Waals surface area contributed by atoms with E-state index < -0.39 is 0 Å². The van der Waals surface area contributed by atoms with Gasteiger partial charge in [0.15, 0.2) is 5.82 Å². The second-order valence-corrected chi connectivity index (χ2v) is 7.70. The number of rotatable bonds is 4. The molecule has 7 nitrogen and oxygen atoms in total. The van der Waals surface area contributed by atoms with Crippen LogP contribution in [-0.4, -0.2) is 30.9 Å². The second-order valence-electron chi connectivity index (χ2n) is 6.38. The number of carbonyl (C=O) groups is 1. The van der Waals surface area contributed by atoms with Crippen LogP contribution in [0.25, 0.3) is 27.2 Å². The van der Waals surface area contributed by atoms with E-state index in [9.17, 15) is 4.79 Å². The van der Waals surface area contributed by atoms with Crippen LogP contribution < -0.4 is 5.32 Å². The molecule has 1 N–H and O–H groups in total. The van der Waals surface area contributed by atoms with Crippen molar-refractivity contribution in [1.29, 1.82) is 0 Å².